The Balaban J connectivity index is 1.61. The third-order valence-electron chi connectivity index (χ3n) is 4.62. The van der Waals surface area contributed by atoms with E-state index in [-0.39, 0.29) is 23.3 Å². The molecule has 1 amide bonds. The number of aromatic nitrogens is 1. The fourth-order valence-corrected chi connectivity index (χ4v) is 5.33. The number of carbonyl (C=O) groups excluding carboxylic acids is 1. The summed E-state index contributed by atoms with van der Waals surface area (Å²) in [6.45, 7) is 2.09. The van der Waals surface area contributed by atoms with Gasteiger partial charge in [0.25, 0.3) is 5.91 Å². The normalized spacial score (nSPS) is 23.2. The predicted octanol–water partition coefficient (Wildman–Crippen LogP) is 2.21. The zero-order valence-corrected chi connectivity index (χ0v) is 15.1. The molecule has 24 heavy (non-hydrogen) atoms. The van der Waals surface area contributed by atoms with Crippen LogP contribution < -0.4 is 5.32 Å². The molecular weight excluding hydrogens is 350 g/mol. The van der Waals surface area contributed by atoms with Gasteiger partial charge in [-0.25, -0.2) is 13.4 Å². The molecule has 1 N–H and O–H groups in total. The number of amides is 1. The number of likely N-dealkylation sites (tertiary alicyclic amines) is 1. The summed E-state index contributed by atoms with van der Waals surface area (Å²) in [5.41, 5.74) is 0.496. The minimum Gasteiger partial charge on any atom is -0.369 e. The molecule has 0 saturated carbocycles. The van der Waals surface area contributed by atoms with E-state index in [0.29, 0.717) is 29.4 Å². The van der Waals surface area contributed by atoms with E-state index < -0.39 is 9.84 Å². The molecule has 0 bridgehead atoms. The number of halogens is 1. The molecule has 2 saturated heterocycles. The van der Waals surface area contributed by atoms with E-state index in [1.165, 1.54) is 12.6 Å². The summed E-state index contributed by atoms with van der Waals surface area (Å²) in [5, 5.41) is 3.49. The van der Waals surface area contributed by atoms with Gasteiger partial charge in [-0.1, -0.05) is 11.6 Å². The molecule has 0 aromatic carbocycles. The molecule has 6 nitrogen and oxygen atoms in total. The minimum absolute atomic E-state index is 0.0301. The van der Waals surface area contributed by atoms with Gasteiger partial charge in [0.1, 0.15) is 5.82 Å². The first-order valence-electron chi connectivity index (χ1n) is 8.34. The molecule has 2 aliphatic heterocycles. The highest BCUT2D eigenvalue weighted by Crippen LogP contribution is 2.24. The third-order valence-corrected chi connectivity index (χ3v) is 6.74. The first-order valence-corrected chi connectivity index (χ1v) is 10.5. The standard InChI is InChI=1S/C16H22ClN3O3S/c17-14-8-13(16(21)20-5-2-1-3-6-20)10-19-15(14)18-9-12-4-7-24(22,23)11-12/h8,10,12H,1-7,9,11H2,(H,18,19). The van der Waals surface area contributed by atoms with Crippen molar-refractivity contribution in [2.75, 3.05) is 36.5 Å². The highest BCUT2D eigenvalue weighted by atomic mass is 35.5. The van der Waals surface area contributed by atoms with E-state index in [9.17, 15) is 13.2 Å². The van der Waals surface area contributed by atoms with Crippen molar-refractivity contribution in [3.63, 3.8) is 0 Å². The van der Waals surface area contributed by atoms with Crippen LogP contribution in [-0.4, -0.2) is 55.3 Å². The van der Waals surface area contributed by atoms with Crippen LogP contribution in [0.25, 0.3) is 0 Å². The molecule has 0 spiro atoms. The predicted molar refractivity (Wildman–Crippen MR) is 94.3 cm³/mol. The van der Waals surface area contributed by atoms with E-state index in [2.05, 4.69) is 10.3 Å². The van der Waals surface area contributed by atoms with Gasteiger partial charge in [0.05, 0.1) is 22.1 Å². The average Bonchev–Trinajstić information content (AvgIpc) is 2.93. The number of anilines is 1. The van der Waals surface area contributed by atoms with Gasteiger partial charge < -0.3 is 10.2 Å². The van der Waals surface area contributed by atoms with Crippen molar-refractivity contribution >= 4 is 33.2 Å². The van der Waals surface area contributed by atoms with E-state index in [1.807, 2.05) is 4.90 Å². The number of rotatable bonds is 4. The fourth-order valence-electron chi connectivity index (χ4n) is 3.24. The SMILES string of the molecule is O=C(c1cnc(NCC2CCS(=O)(=O)C2)c(Cl)c1)N1CCCCC1. The topological polar surface area (TPSA) is 79.4 Å². The van der Waals surface area contributed by atoms with Gasteiger partial charge >= 0.3 is 0 Å². The zero-order chi connectivity index (χ0) is 17.2. The summed E-state index contributed by atoms with van der Waals surface area (Å²) in [6, 6.07) is 1.64. The molecule has 132 valence electrons. The maximum absolute atomic E-state index is 12.4. The number of carbonyl (C=O) groups is 1. The molecule has 2 aliphatic rings. The molecule has 0 radical (unpaired) electrons. The number of hydrogen-bond acceptors (Lipinski definition) is 5. The molecule has 1 unspecified atom stereocenters. The summed E-state index contributed by atoms with van der Waals surface area (Å²) in [7, 11) is -2.88. The largest absolute Gasteiger partial charge is 0.369 e. The van der Waals surface area contributed by atoms with Crippen molar-refractivity contribution in [2.45, 2.75) is 25.7 Å². The Kier molecular flexibility index (Phi) is 5.30. The van der Waals surface area contributed by atoms with E-state index >= 15 is 0 Å². The van der Waals surface area contributed by atoms with Gasteiger partial charge in [-0.3, -0.25) is 4.79 Å². The van der Waals surface area contributed by atoms with Crippen LogP contribution in [0, 0.1) is 5.92 Å². The highest BCUT2D eigenvalue weighted by molar-refractivity contribution is 7.91. The van der Waals surface area contributed by atoms with Crippen LogP contribution in [0.4, 0.5) is 5.82 Å². The van der Waals surface area contributed by atoms with Gasteiger partial charge in [0.2, 0.25) is 0 Å². The van der Waals surface area contributed by atoms with Crippen LogP contribution in [0.15, 0.2) is 12.3 Å². The van der Waals surface area contributed by atoms with E-state index in [1.54, 1.807) is 6.07 Å². The lowest BCUT2D eigenvalue weighted by atomic mass is 10.1. The molecule has 3 rings (SSSR count). The monoisotopic (exact) mass is 371 g/mol. The fraction of sp³-hybridized carbons (Fsp3) is 0.625. The van der Waals surface area contributed by atoms with Crippen molar-refractivity contribution in [2.24, 2.45) is 5.92 Å². The quantitative estimate of drug-likeness (QED) is 0.877. The average molecular weight is 372 g/mol. The Morgan fingerprint density at radius 2 is 2.08 bits per heavy atom. The lowest BCUT2D eigenvalue weighted by Gasteiger charge is -2.26. The minimum atomic E-state index is -2.88. The molecular formula is C16H22ClN3O3S. The van der Waals surface area contributed by atoms with Gasteiger partial charge in [-0.15, -0.1) is 0 Å². The van der Waals surface area contributed by atoms with Crippen LogP contribution in [0.3, 0.4) is 0 Å². The first-order chi connectivity index (χ1) is 11.4. The van der Waals surface area contributed by atoms with Crippen molar-refractivity contribution < 1.29 is 13.2 Å². The van der Waals surface area contributed by atoms with Gasteiger partial charge in [-0.05, 0) is 37.7 Å². The zero-order valence-electron chi connectivity index (χ0n) is 13.5. The maximum atomic E-state index is 12.4. The Labute approximate surface area is 147 Å². The molecule has 1 atom stereocenters. The lowest BCUT2D eigenvalue weighted by molar-refractivity contribution is 0.0724. The van der Waals surface area contributed by atoms with Crippen molar-refractivity contribution in [1.82, 2.24) is 9.88 Å². The summed E-state index contributed by atoms with van der Waals surface area (Å²) in [4.78, 5) is 18.5. The van der Waals surface area contributed by atoms with Crippen LogP contribution in [-0.2, 0) is 9.84 Å². The Hall–Kier alpha value is -1.34. The first kappa shape index (κ1) is 17.5. The van der Waals surface area contributed by atoms with Gasteiger partial charge in [-0.2, -0.15) is 0 Å². The van der Waals surface area contributed by atoms with Crippen LogP contribution in [0.2, 0.25) is 5.02 Å². The van der Waals surface area contributed by atoms with Crippen LogP contribution >= 0.6 is 11.6 Å². The Morgan fingerprint density at radius 3 is 2.71 bits per heavy atom. The molecule has 0 aliphatic carbocycles. The van der Waals surface area contributed by atoms with Gasteiger partial charge in [0, 0.05) is 25.8 Å². The summed E-state index contributed by atoms with van der Waals surface area (Å²) in [5.74, 6) is 1.02. The maximum Gasteiger partial charge on any atom is 0.255 e. The lowest BCUT2D eigenvalue weighted by Crippen LogP contribution is -2.35. The summed E-state index contributed by atoms with van der Waals surface area (Å²) < 4.78 is 23.0. The number of piperidine rings is 1. The van der Waals surface area contributed by atoms with Crippen molar-refractivity contribution in [3.8, 4) is 0 Å². The molecule has 8 heteroatoms. The number of nitrogens with zero attached hydrogens (tertiary/aromatic N) is 2. The summed E-state index contributed by atoms with van der Waals surface area (Å²) in [6.07, 6.45) is 5.45. The number of sulfone groups is 1. The second-order valence-electron chi connectivity index (χ2n) is 6.56. The molecule has 1 aromatic rings. The van der Waals surface area contributed by atoms with Crippen molar-refractivity contribution in [1.29, 1.82) is 0 Å². The molecule has 3 heterocycles. The molecule has 1 aromatic heterocycles. The van der Waals surface area contributed by atoms with Crippen LogP contribution in [0.1, 0.15) is 36.0 Å². The number of hydrogen-bond donors (Lipinski definition) is 1. The summed E-state index contributed by atoms with van der Waals surface area (Å²) >= 11 is 6.24. The third kappa shape index (κ3) is 4.19. The van der Waals surface area contributed by atoms with E-state index in [4.69, 9.17) is 11.6 Å². The Morgan fingerprint density at radius 1 is 1.33 bits per heavy atom. The van der Waals surface area contributed by atoms with E-state index in [0.717, 1.165) is 25.9 Å². The second kappa shape index (κ2) is 7.27. The highest BCUT2D eigenvalue weighted by Gasteiger charge is 2.27. The number of nitrogens with one attached hydrogen (secondary N) is 1. The Bertz CT molecular complexity index is 717. The number of pyridine rings is 1. The van der Waals surface area contributed by atoms with Crippen molar-refractivity contribution in [3.05, 3.63) is 22.8 Å². The molecule has 2 fully saturated rings. The second-order valence-corrected chi connectivity index (χ2v) is 9.19. The van der Waals surface area contributed by atoms with Crippen LogP contribution in [0.5, 0.6) is 0 Å². The smallest absolute Gasteiger partial charge is 0.255 e. The van der Waals surface area contributed by atoms with Gasteiger partial charge in [0.15, 0.2) is 9.84 Å².